The second kappa shape index (κ2) is 9.33. The van der Waals surface area contributed by atoms with Gasteiger partial charge in [0.15, 0.2) is 5.16 Å². The lowest BCUT2D eigenvalue weighted by Gasteiger charge is -2.13. The molecule has 1 N–H and O–H groups in total. The van der Waals surface area contributed by atoms with Gasteiger partial charge < -0.3 is 9.88 Å². The first-order valence-electron chi connectivity index (χ1n) is 9.16. The van der Waals surface area contributed by atoms with Gasteiger partial charge in [-0.15, -0.1) is 10.2 Å². The zero-order chi connectivity index (χ0) is 20.8. The Balaban J connectivity index is 1.68. The lowest BCUT2D eigenvalue weighted by Crippen LogP contribution is -2.23. The number of nitrogens with zero attached hydrogens (tertiary/aromatic N) is 4. The summed E-state index contributed by atoms with van der Waals surface area (Å²) in [6.45, 7) is 4.47. The van der Waals surface area contributed by atoms with Gasteiger partial charge in [0.05, 0.1) is 10.2 Å². The Kier molecular flexibility index (Phi) is 6.61. The van der Waals surface area contributed by atoms with E-state index in [2.05, 4.69) is 15.5 Å². The average Bonchev–Trinajstić information content (AvgIpc) is 3.09. The highest BCUT2D eigenvalue weighted by Crippen LogP contribution is 2.25. The Bertz CT molecular complexity index is 1010. The average molecular weight is 411 g/mol. The number of hydrogen-bond donors (Lipinski definition) is 1. The van der Waals surface area contributed by atoms with E-state index in [0.717, 1.165) is 11.4 Å². The van der Waals surface area contributed by atoms with Crippen molar-refractivity contribution in [1.29, 1.82) is 0 Å². The second-order valence-corrected chi connectivity index (χ2v) is 7.67. The number of nitro benzene ring substituents is 1. The summed E-state index contributed by atoms with van der Waals surface area (Å²) in [5, 5.41) is 22.4. The lowest BCUT2D eigenvalue weighted by atomic mass is 10.1. The quantitative estimate of drug-likeness (QED) is 0.342. The number of carbonyl (C=O) groups is 1. The minimum absolute atomic E-state index is 0.0700. The van der Waals surface area contributed by atoms with Crippen molar-refractivity contribution in [3.63, 3.8) is 0 Å². The van der Waals surface area contributed by atoms with Gasteiger partial charge in [0.2, 0.25) is 5.91 Å². The van der Waals surface area contributed by atoms with E-state index in [1.54, 1.807) is 13.0 Å². The molecule has 1 unspecified atom stereocenters. The van der Waals surface area contributed by atoms with Crippen LogP contribution in [0, 0.1) is 10.1 Å². The first kappa shape index (κ1) is 20.5. The van der Waals surface area contributed by atoms with E-state index in [0.29, 0.717) is 23.8 Å². The molecule has 0 saturated heterocycles. The molecule has 29 heavy (non-hydrogen) atoms. The van der Waals surface area contributed by atoms with Gasteiger partial charge in [-0.3, -0.25) is 14.9 Å². The summed E-state index contributed by atoms with van der Waals surface area (Å²) in [5.41, 5.74) is 1.46. The van der Waals surface area contributed by atoms with Gasteiger partial charge in [0.25, 0.3) is 5.69 Å². The fourth-order valence-electron chi connectivity index (χ4n) is 2.79. The number of carbonyl (C=O) groups excluding carboxylic acids is 1. The monoisotopic (exact) mass is 411 g/mol. The maximum Gasteiger partial charge on any atom is 0.271 e. The smallest absolute Gasteiger partial charge is 0.271 e. The molecule has 0 radical (unpaired) electrons. The fraction of sp³-hybridized carbons (Fsp3) is 0.250. The third-order valence-electron chi connectivity index (χ3n) is 4.29. The van der Waals surface area contributed by atoms with E-state index in [4.69, 9.17) is 0 Å². The molecule has 1 heterocycles. The summed E-state index contributed by atoms with van der Waals surface area (Å²) in [4.78, 5) is 22.9. The van der Waals surface area contributed by atoms with Gasteiger partial charge in [0.1, 0.15) is 5.82 Å². The molecule has 150 valence electrons. The van der Waals surface area contributed by atoms with Crippen molar-refractivity contribution in [2.75, 3.05) is 5.32 Å². The topological polar surface area (TPSA) is 103 Å². The molecule has 3 aromatic rings. The highest BCUT2D eigenvalue weighted by Gasteiger charge is 2.20. The maximum absolute atomic E-state index is 12.5. The summed E-state index contributed by atoms with van der Waals surface area (Å²) in [6, 6.07) is 15.9. The SMILES string of the molecule is CCn1c(Cc2ccccc2)nnc1SC(C)C(=O)Nc1cccc([N+](=O)[O-])c1. The molecule has 1 amide bonds. The standard InChI is InChI=1S/C20H21N5O3S/c1-3-24-18(12-15-8-5-4-6-9-15)22-23-20(24)29-14(2)19(26)21-16-10-7-11-17(13-16)25(27)28/h4-11,13-14H,3,12H2,1-2H3,(H,21,26). The van der Waals surface area contributed by atoms with Crippen LogP contribution < -0.4 is 5.32 Å². The zero-order valence-electron chi connectivity index (χ0n) is 16.1. The molecule has 3 rings (SSSR count). The zero-order valence-corrected chi connectivity index (χ0v) is 16.9. The number of hydrogen-bond acceptors (Lipinski definition) is 6. The minimum Gasteiger partial charge on any atom is -0.325 e. The molecule has 0 aliphatic rings. The highest BCUT2D eigenvalue weighted by molar-refractivity contribution is 8.00. The van der Waals surface area contributed by atoms with Gasteiger partial charge in [-0.1, -0.05) is 48.2 Å². The van der Waals surface area contributed by atoms with Crippen molar-refractivity contribution in [2.45, 2.75) is 37.2 Å². The van der Waals surface area contributed by atoms with Gasteiger partial charge >= 0.3 is 0 Å². The van der Waals surface area contributed by atoms with E-state index in [-0.39, 0.29) is 11.6 Å². The van der Waals surface area contributed by atoms with Crippen molar-refractivity contribution in [1.82, 2.24) is 14.8 Å². The second-order valence-electron chi connectivity index (χ2n) is 6.36. The van der Waals surface area contributed by atoms with Crippen molar-refractivity contribution in [3.8, 4) is 0 Å². The normalized spacial score (nSPS) is 11.8. The number of benzene rings is 2. The van der Waals surface area contributed by atoms with E-state index in [9.17, 15) is 14.9 Å². The molecule has 0 bridgehead atoms. The van der Waals surface area contributed by atoms with Crippen LogP contribution in [0.5, 0.6) is 0 Å². The van der Waals surface area contributed by atoms with E-state index < -0.39 is 10.2 Å². The molecule has 0 aliphatic carbocycles. The summed E-state index contributed by atoms with van der Waals surface area (Å²) in [6.07, 6.45) is 0.663. The van der Waals surface area contributed by atoms with Gasteiger partial charge in [-0.05, 0) is 25.5 Å². The Labute approximate surface area is 172 Å². The number of thioether (sulfide) groups is 1. The third kappa shape index (κ3) is 5.20. The van der Waals surface area contributed by atoms with Crippen LogP contribution in [0.25, 0.3) is 0 Å². The van der Waals surface area contributed by atoms with Gasteiger partial charge in [-0.25, -0.2) is 0 Å². The number of nitrogens with one attached hydrogen (secondary N) is 1. The first-order valence-corrected chi connectivity index (χ1v) is 10.0. The summed E-state index contributed by atoms with van der Waals surface area (Å²) >= 11 is 1.31. The number of non-ortho nitro benzene ring substituents is 1. The molecule has 0 aliphatic heterocycles. The number of rotatable bonds is 8. The van der Waals surface area contributed by atoms with Crippen molar-refractivity contribution < 1.29 is 9.72 Å². The van der Waals surface area contributed by atoms with Crippen LogP contribution in [0.15, 0.2) is 59.8 Å². The van der Waals surface area contributed by atoms with Gasteiger partial charge in [-0.2, -0.15) is 0 Å². The molecule has 8 nitrogen and oxygen atoms in total. The summed E-state index contributed by atoms with van der Waals surface area (Å²) < 4.78 is 1.99. The maximum atomic E-state index is 12.5. The number of nitro groups is 1. The predicted molar refractivity (Wildman–Crippen MR) is 112 cm³/mol. The molecule has 2 aromatic carbocycles. The van der Waals surface area contributed by atoms with Crippen molar-refractivity contribution in [3.05, 3.63) is 76.1 Å². The van der Waals surface area contributed by atoms with Crippen LogP contribution >= 0.6 is 11.8 Å². The van der Waals surface area contributed by atoms with E-state index >= 15 is 0 Å². The van der Waals surface area contributed by atoms with Crippen molar-refractivity contribution in [2.24, 2.45) is 0 Å². The Morgan fingerprint density at radius 2 is 1.97 bits per heavy atom. The molecule has 0 spiro atoms. The van der Waals surface area contributed by atoms with Crippen LogP contribution in [-0.2, 0) is 17.8 Å². The lowest BCUT2D eigenvalue weighted by molar-refractivity contribution is -0.384. The molecule has 0 saturated carbocycles. The number of aromatic nitrogens is 3. The van der Waals surface area contributed by atoms with Crippen LogP contribution in [-0.4, -0.2) is 30.8 Å². The first-order chi connectivity index (χ1) is 14.0. The largest absolute Gasteiger partial charge is 0.325 e. The highest BCUT2D eigenvalue weighted by atomic mass is 32.2. The number of anilines is 1. The van der Waals surface area contributed by atoms with Crippen LogP contribution in [0.4, 0.5) is 11.4 Å². The Morgan fingerprint density at radius 1 is 1.21 bits per heavy atom. The Morgan fingerprint density at radius 3 is 2.66 bits per heavy atom. The molecule has 1 aromatic heterocycles. The summed E-state index contributed by atoms with van der Waals surface area (Å²) in [7, 11) is 0. The molecule has 1 atom stereocenters. The van der Waals surface area contributed by atoms with Crippen LogP contribution in [0.3, 0.4) is 0 Å². The molecule has 0 fully saturated rings. The number of amides is 1. The summed E-state index contributed by atoms with van der Waals surface area (Å²) in [5.74, 6) is 0.582. The van der Waals surface area contributed by atoms with Crippen molar-refractivity contribution >= 4 is 29.0 Å². The van der Waals surface area contributed by atoms with Crippen LogP contribution in [0.2, 0.25) is 0 Å². The molecular formula is C20H21N5O3S. The molecular weight excluding hydrogens is 390 g/mol. The Hall–Kier alpha value is -3.20. The van der Waals surface area contributed by atoms with E-state index in [1.165, 1.54) is 30.0 Å². The minimum atomic E-state index is -0.494. The van der Waals surface area contributed by atoms with E-state index in [1.807, 2.05) is 41.8 Å². The van der Waals surface area contributed by atoms with Crippen LogP contribution in [0.1, 0.15) is 25.2 Å². The third-order valence-corrected chi connectivity index (χ3v) is 5.37. The van der Waals surface area contributed by atoms with Gasteiger partial charge in [0, 0.05) is 30.8 Å². The molecule has 9 heteroatoms. The fourth-order valence-corrected chi connectivity index (χ4v) is 3.72. The predicted octanol–water partition coefficient (Wildman–Crippen LogP) is 3.92.